The molecule has 2 aliphatic rings. The maximum Gasteiger partial charge on any atom is 0.475 e. The van der Waals surface area contributed by atoms with Gasteiger partial charge in [0.25, 0.3) is 5.91 Å². The number of carbonyl (C=O) groups excluding carboxylic acids is 4. The Balaban J connectivity index is 1.39. The molecule has 5 rings (SSSR count). The molecule has 4 atom stereocenters. The molecule has 1 aromatic heterocycles. The van der Waals surface area contributed by atoms with Gasteiger partial charge in [-0.25, -0.2) is 0 Å². The predicted molar refractivity (Wildman–Crippen MR) is 183 cm³/mol. The van der Waals surface area contributed by atoms with Crippen molar-refractivity contribution in [2.24, 2.45) is 11.8 Å². The van der Waals surface area contributed by atoms with E-state index in [0.29, 0.717) is 12.0 Å². The fraction of sp³-hybridized carbons (Fsp3) is 0.472. The van der Waals surface area contributed by atoms with Gasteiger partial charge in [-0.3, -0.25) is 24.2 Å². The first kappa shape index (κ1) is 35.0. The lowest BCUT2D eigenvalue weighted by Crippen LogP contribution is -2.57. The Morgan fingerprint density at radius 2 is 1.71 bits per heavy atom. The first-order chi connectivity index (χ1) is 23.1. The van der Waals surface area contributed by atoms with Crippen molar-refractivity contribution in [1.29, 1.82) is 0 Å². The smallest absolute Gasteiger partial charge is 0.426 e. The Bertz CT molecular complexity index is 1570. The number of nitrogens with one attached hydrogen (secondary N) is 3. The quantitative estimate of drug-likeness (QED) is 0.188. The molecule has 1 aliphatic carbocycles. The number of amides is 4. The maximum atomic E-state index is 14.5. The van der Waals surface area contributed by atoms with E-state index in [-0.39, 0.29) is 43.0 Å². The van der Waals surface area contributed by atoms with Crippen molar-refractivity contribution in [3.8, 4) is 0 Å². The number of rotatable bonds is 12. The zero-order chi connectivity index (χ0) is 34.2. The van der Waals surface area contributed by atoms with Crippen molar-refractivity contribution < 1.29 is 29.2 Å². The third-order valence-electron chi connectivity index (χ3n) is 9.60. The summed E-state index contributed by atoms with van der Waals surface area (Å²) in [6, 6.07) is 14.3. The highest BCUT2D eigenvalue weighted by Crippen LogP contribution is 2.29. The minimum Gasteiger partial charge on any atom is -0.426 e. The molecule has 254 valence electrons. The number of nitrogens with zero attached hydrogens (tertiary/aromatic N) is 2. The van der Waals surface area contributed by atoms with E-state index in [4.69, 9.17) is 0 Å². The normalized spacial score (nSPS) is 19.5. The van der Waals surface area contributed by atoms with Crippen molar-refractivity contribution in [1.82, 2.24) is 25.8 Å². The van der Waals surface area contributed by atoms with Gasteiger partial charge in [0.1, 0.15) is 12.1 Å². The van der Waals surface area contributed by atoms with Gasteiger partial charge in [-0.1, -0.05) is 82.3 Å². The SMILES string of the molecule is CC(C)C(NC(=O)[C@H]1CC(NC(=O)Cc2cccnc2)CN1C(=O)[C@@H](CC1CCCCC1)NC(=O)c1ccc2ccccc2c1)B(O)O. The van der Waals surface area contributed by atoms with E-state index < -0.39 is 43.0 Å². The highest BCUT2D eigenvalue weighted by molar-refractivity contribution is 6.43. The van der Waals surface area contributed by atoms with Gasteiger partial charge in [-0.15, -0.1) is 0 Å². The summed E-state index contributed by atoms with van der Waals surface area (Å²) < 4.78 is 0. The summed E-state index contributed by atoms with van der Waals surface area (Å²) in [5.41, 5.74) is 1.17. The summed E-state index contributed by atoms with van der Waals surface area (Å²) in [5, 5.41) is 30.5. The molecule has 0 radical (unpaired) electrons. The summed E-state index contributed by atoms with van der Waals surface area (Å²) in [6.45, 7) is 3.58. The third kappa shape index (κ3) is 8.99. The lowest BCUT2D eigenvalue weighted by molar-refractivity contribution is -0.140. The second-order valence-corrected chi connectivity index (χ2v) is 13.6. The summed E-state index contributed by atoms with van der Waals surface area (Å²) >= 11 is 0. The topological polar surface area (TPSA) is 161 Å². The molecule has 48 heavy (non-hydrogen) atoms. The zero-order valence-electron chi connectivity index (χ0n) is 27.7. The summed E-state index contributed by atoms with van der Waals surface area (Å²) in [6.07, 6.45) is 9.07. The van der Waals surface area contributed by atoms with Crippen LogP contribution in [0.25, 0.3) is 10.8 Å². The molecule has 2 heterocycles. The summed E-state index contributed by atoms with van der Waals surface area (Å²) in [4.78, 5) is 60.4. The minimum atomic E-state index is -1.80. The molecule has 1 saturated heterocycles. The van der Waals surface area contributed by atoms with E-state index in [2.05, 4.69) is 20.9 Å². The number of aromatic nitrogens is 1. The number of fused-ring (bicyclic) bond motifs is 1. The molecule has 4 amide bonds. The van der Waals surface area contributed by atoms with Crippen LogP contribution in [0.3, 0.4) is 0 Å². The van der Waals surface area contributed by atoms with Crippen LogP contribution in [0.5, 0.6) is 0 Å². The lowest BCUT2D eigenvalue weighted by Gasteiger charge is -2.32. The van der Waals surface area contributed by atoms with Crippen molar-refractivity contribution in [3.63, 3.8) is 0 Å². The van der Waals surface area contributed by atoms with E-state index in [1.807, 2.05) is 30.3 Å². The molecule has 1 saturated carbocycles. The molecular weight excluding hydrogens is 609 g/mol. The second-order valence-electron chi connectivity index (χ2n) is 13.6. The van der Waals surface area contributed by atoms with E-state index in [0.717, 1.165) is 48.4 Å². The fourth-order valence-corrected chi connectivity index (χ4v) is 7.00. The average molecular weight is 656 g/mol. The molecule has 5 N–H and O–H groups in total. The van der Waals surface area contributed by atoms with E-state index >= 15 is 0 Å². The van der Waals surface area contributed by atoms with Gasteiger partial charge in [-0.05, 0) is 59.2 Å². The van der Waals surface area contributed by atoms with Gasteiger partial charge < -0.3 is 30.9 Å². The first-order valence-corrected chi connectivity index (χ1v) is 17.0. The highest BCUT2D eigenvalue weighted by Gasteiger charge is 2.44. The number of pyridine rings is 1. The van der Waals surface area contributed by atoms with Crippen LogP contribution in [0.15, 0.2) is 67.0 Å². The van der Waals surface area contributed by atoms with Gasteiger partial charge in [0, 0.05) is 30.5 Å². The zero-order valence-corrected chi connectivity index (χ0v) is 27.7. The minimum absolute atomic E-state index is 0.0662. The third-order valence-corrected chi connectivity index (χ3v) is 9.60. The number of benzene rings is 2. The van der Waals surface area contributed by atoms with Crippen LogP contribution >= 0.6 is 0 Å². The van der Waals surface area contributed by atoms with Crippen LogP contribution in [0.2, 0.25) is 0 Å². The van der Waals surface area contributed by atoms with Crippen LogP contribution < -0.4 is 16.0 Å². The lowest BCUT2D eigenvalue weighted by atomic mass is 9.73. The van der Waals surface area contributed by atoms with Crippen LogP contribution in [0, 0.1) is 11.8 Å². The van der Waals surface area contributed by atoms with Crippen LogP contribution in [0.4, 0.5) is 0 Å². The first-order valence-electron chi connectivity index (χ1n) is 17.0. The molecule has 12 heteroatoms. The molecule has 0 bridgehead atoms. The van der Waals surface area contributed by atoms with Gasteiger partial charge >= 0.3 is 7.12 Å². The Kier molecular flexibility index (Phi) is 11.8. The summed E-state index contributed by atoms with van der Waals surface area (Å²) in [5.74, 6) is -2.60. The van der Waals surface area contributed by atoms with Crippen LogP contribution in [-0.2, 0) is 20.8 Å². The number of hydrogen-bond acceptors (Lipinski definition) is 7. The van der Waals surface area contributed by atoms with E-state index in [1.165, 1.54) is 4.90 Å². The van der Waals surface area contributed by atoms with Crippen LogP contribution in [-0.4, -0.2) is 81.3 Å². The molecule has 0 spiro atoms. The molecular formula is C36H46BN5O6. The molecule has 2 aromatic carbocycles. The summed E-state index contributed by atoms with van der Waals surface area (Å²) in [7, 11) is -1.80. The largest absolute Gasteiger partial charge is 0.475 e. The molecule has 11 nitrogen and oxygen atoms in total. The monoisotopic (exact) mass is 655 g/mol. The standard InChI is InChI=1S/C36H46BN5O6/c1-23(2)33(37(47)48)41-35(45)31-20-29(39-32(43)18-25-11-8-16-38-21-25)22-42(31)36(46)30(17-24-9-4-3-5-10-24)40-34(44)28-15-14-26-12-6-7-13-27(26)19-28/h6-8,11-16,19,21,23-24,29-31,33,47-48H,3-5,9-10,17-18,20,22H2,1-2H3,(H,39,43)(H,40,44)(H,41,45)/t29?,30-,31-,33?/m1/s1. The van der Waals surface area contributed by atoms with Gasteiger partial charge in [-0.2, -0.15) is 0 Å². The van der Waals surface area contributed by atoms with E-state index in [1.54, 1.807) is 50.5 Å². The molecule has 2 fully saturated rings. The Hall–Kier alpha value is -4.29. The Morgan fingerprint density at radius 1 is 0.958 bits per heavy atom. The number of likely N-dealkylation sites (tertiary alicyclic amines) is 1. The maximum absolute atomic E-state index is 14.5. The highest BCUT2D eigenvalue weighted by atomic mass is 16.4. The number of carbonyl (C=O) groups is 4. The van der Waals surface area contributed by atoms with E-state index in [9.17, 15) is 29.2 Å². The van der Waals surface area contributed by atoms with Crippen LogP contribution in [0.1, 0.15) is 74.7 Å². The van der Waals surface area contributed by atoms with Crippen molar-refractivity contribution >= 4 is 41.5 Å². The molecule has 2 unspecified atom stereocenters. The van der Waals surface area contributed by atoms with Gasteiger partial charge in [0.15, 0.2) is 0 Å². The average Bonchev–Trinajstić information content (AvgIpc) is 3.50. The molecule has 3 aromatic rings. The van der Waals surface area contributed by atoms with Gasteiger partial charge in [0.05, 0.1) is 12.4 Å². The Morgan fingerprint density at radius 3 is 2.40 bits per heavy atom. The molecule has 1 aliphatic heterocycles. The fourth-order valence-electron chi connectivity index (χ4n) is 7.00. The van der Waals surface area contributed by atoms with Crippen molar-refractivity contribution in [3.05, 3.63) is 78.1 Å². The Labute approximate surface area is 282 Å². The van der Waals surface area contributed by atoms with Gasteiger partial charge in [0.2, 0.25) is 17.7 Å². The predicted octanol–water partition coefficient (Wildman–Crippen LogP) is 2.78. The van der Waals surface area contributed by atoms with Crippen molar-refractivity contribution in [2.75, 3.05) is 6.54 Å². The van der Waals surface area contributed by atoms with Crippen molar-refractivity contribution in [2.45, 2.75) is 89.3 Å². The number of hydrogen-bond donors (Lipinski definition) is 5. The second kappa shape index (κ2) is 16.2.